The van der Waals surface area contributed by atoms with Crippen molar-refractivity contribution in [1.82, 2.24) is 25.4 Å². The molecule has 6 nitrogen and oxygen atoms in total. The molecule has 3 rings (SSSR count). The lowest BCUT2D eigenvalue weighted by atomic mass is 10.2. The molecular formula is C12H11N5OS. The van der Waals surface area contributed by atoms with Crippen molar-refractivity contribution in [2.24, 2.45) is 0 Å². The molecule has 0 spiro atoms. The van der Waals surface area contributed by atoms with Gasteiger partial charge in [-0.15, -0.1) is 10.2 Å². The molecule has 0 fully saturated rings. The lowest BCUT2D eigenvalue weighted by Crippen LogP contribution is -1.89. The van der Waals surface area contributed by atoms with E-state index in [1.54, 1.807) is 11.8 Å². The van der Waals surface area contributed by atoms with Crippen LogP contribution in [0.3, 0.4) is 0 Å². The largest absolute Gasteiger partial charge is 0.421 e. The molecule has 0 aliphatic heterocycles. The molecule has 1 aromatic carbocycles. The monoisotopic (exact) mass is 273 g/mol. The average Bonchev–Trinajstić information content (AvgIpc) is 3.11. The maximum Gasteiger partial charge on any atom is 0.247 e. The van der Waals surface area contributed by atoms with Gasteiger partial charge in [0.1, 0.15) is 6.33 Å². The van der Waals surface area contributed by atoms with E-state index in [1.807, 2.05) is 30.3 Å². The number of hydrogen-bond acceptors (Lipinski definition) is 6. The van der Waals surface area contributed by atoms with Crippen LogP contribution in [0, 0.1) is 0 Å². The van der Waals surface area contributed by atoms with Crippen molar-refractivity contribution in [2.75, 3.05) is 5.75 Å². The second-order valence-corrected chi connectivity index (χ2v) is 4.84. The molecule has 0 saturated carbocycles. The number of aromatic amines is 1. The Morgan fingerprint density at radius 2 is 2.05 bits per heavy atom. The number of nitrogens with zero attached hydrogens (tertiary/aromatic N) is 4. The van der Waals surface area contributed by atoms with Crippen molar-refractivity contribution in [1.29, 1.82) is 0 Å². The molecule has 0 radical (unpaired) electrons. The number of H-pyrrole nitrogens is 1. The van der Waals surface area contributed by atoms with Crippen LogP contribution in [0.15, 0.2) is 46.2 Å². The first-order valence-corrected chi connectivity index (χ1v) is 6.76. The number of aryl methyl sites for hydroxylation is 1. The molecule has 0 atom stereocenters. The van der Waals surface area contributed by atoms with Gasteiger partial charge in [0.2, 0.25) is 11.8 Å². The number of thioether (sulfide) groups is 1. The van der Waals surface area contributed by atoms with Gasteiger partial charge in [0.05, 0.1) is 0 Å². The van der Waals surface area contributed by atoms with Gasteiger partial charge in [0.25, 0.3) is 0 Å². The Bertz CT molecular complexity index is 623. The fraction of sp³-hybridized carbons (Fsp3) is 0.167. The minimum absolute atomic E-state index is 0.556. The highest BCUT2D eigenvalue weighted by Gasteiger charge is 2.08. The van der Waals surface area contributed by atoms with E-state index in [1.165, 1.54) is 6.33 Å². The zero-order chi connectivity index (χ0) is 12.9. The molecule has 3 aromatic rings. The summed E-state index contributed by atoms with van der Waals surface area (Å²) < 4.78 is 5.61. The Labute approximate surface area is 113 Å². The van der Waals surface area contributed by atoms with Crippen LogP contribution >= 0.6 is 11.8 Å². The molecule has 1 N–H and O–H groups in total. The summed E-state index contributed by atoms with van der Waals surface area (Å²) in [4.78, 5) is 4.03. The fourth-order valence-corrected chi connectivity index (χ4v) is 2.26. The molecule has 96 valence electrons. The van der Waals surface area contributed by atoms with Gasteiger partial charge in [-0.2, -0.15) is 5.10 Å². The highest BCUT2D eigenvalue weighted by molar-refractivity contribution is 7.99. The summed E-state index contributed by atoms with van der Waals surface area (Å²) in [5.41, 5.74) is 0.934. The maximum absolute atomic E-state index is 5.61. The molecule has 0 unspecified atom stereocenters. The van der Waals surface area contributed by atoms with Crippen LogP contribution in [0.5, 0.6) is 0 Å². The summed E-state index contributed by atoms with van der Waals surface area (Å²) in [7, 11) is 0. The molecule has 7 heteroatoms. The van der Waals surface area contributed by atoms with E-state index in [0.29, 0.717) is 18.2 Å². The van der Waals surface area contributed by atoms with Gasteiger partial charge < -0.3 is 4.42 Å². The highest BCUT2D eigenvalue weighted by atomic mass is 32.2. The second-order valence-electron chi connectivity index (χ2n) is 3.76. The molecule has 0 amide bonds. The van der Waals surface area contributed by atoms with E-state index in [4.69, 9.17) is 4.42 Å². The van der Waals surface area contributed by atoms with Crippen molar-refractivity contribution < 1.29 is 4.42 Å². The zero-order valence-electron chi connectivity index (χ0n) is 9.98. The predicted octanol–water partition coefficient (Wildman–Crippen LogP) is 2.19. The Hall–Kier alpha value is -2.15. The van der Waals surface area contributed by atoms with Crippen LogP contribution in [0.2, 0.25) is 0 Å². The SMILES string of the molecule is c1ccc(-c2nnc(CCSc3ncn[nH]3)o2)cc1. The Balaban J connectivity index is 1.59. The number of benzene rings is 1. The first kappa shape index (κ1) is 11.9. The Morgan fingerprint density at radius 3 is 2.84 bits per heavy atom. The standard InChI is InChI=1S/C12H11N5OS/c1-2-4-9(5-3-1)11-16-15-10(18-11)6-7-19-12-13-8-14-17-12/h1-5,8H,6-7H2,(H,13,14,17). The maximum atomic E-state index is 5.61. The lowest BCUT2D eigenvalue weighted by molar-refractivity contribution is 0.514. The van der Waals surface area contributed by atoms with Gasteiger partial charge in [-0.3, -0.25) is 5.10 Å². The van der Waals surface area contributed by atoms with Crippen molar-refractivity contribution in [3.8, 4) is 11.5 Å². The number of rotatable bonds is 5. The van der Waals surface area contributed by atoms with Crippen molar-refractivity contribution in [3.05, 3.63) is 42.5 Å². The van der Waals surface area contributed by atoms with Gasteiger partial charge in [-0.25, -0.2) is 4.98 Å². The third-order valence-electron chi connectivity index (χ3n) is 2.44. The third-order valence-corrected chi connectivity index (χ3v) is 3.31. The number of aromatic nitrogens is 5. The third kappa shape index (κ3) is 3.00. The summed E-state index contributed by atoms with van der Waals surface area (Å²) in [6.07, 6.45) is 2.19. The Kier molecular flexibility index (Phi) is 3.55. The summed E-state index contributed by atoms with van der Waals surface area (Å²) in [5, 5.41) is 15.4. The molecular weight excluding hydrogens is 262 g/mol. The normalized spacial score (nSPS) is 10.7. The quantitative estimate of drug-likeness (QED) is 0.718. The number of nitrogens with one attached hydrogen (secondary N) is 1. The molecule has 0 aliphatic carbocycles. The van der Waals surface area contributed by atoms with Crippen LogP contribution in [-0.4, -0.2) is 31.1 Å². The van der Waals surface area contributed by atoms with E-state index in [9.17, 15) is 0 Å². The van der Waals surface area contributed by atoms with Crippen LogP contribution in [0.25, 0.3) is 11.5 Å². The minimum Gasteiger partial charge on any atom is -0.421 e. The lowest BCUT2D eigenvalue weighted by Gasteiger charge is -1.94. The summed E-state index contributed by atoms with van der Waals surface area (Å²) >= 11 is 1.57. The van der Waals surface area contributed by atoms with E-state index >= 15 is 0 Å². The van der Waals surface area contributed by atoms with E-state index < -0.39 is 0 Å². The summed E-state index contributed by atoms with van der Waals surface area (Å²) in [5.74, 6) is 2.00. The van der Waals surface area contributed by atoms with Crippen LogP contribution in [-0.2, 0) is 6.42 Å². The van der Waals surface area contributed by atoms with E-state index in [0.717, 1.165) is 16.5 Å². The molecule has 2 heterocycles. The highest BCUT2D eigenvalue weighted by Crippen LogP contribution is 2.18. The fourth-order valence-electron chi connectivity index (χ4n) is 1.55. The van der Waals surface area contributed by atoms with Crippen molar-refractivity contribution >= 4 is 11.8 Å². The minimum atomic E-state index is 0.556. The summed E-state index contributed by atoms with van der Waals surface area (Å²) in [6, 6.07) is 9.73. The van der Waals surface area contributed by atoms with Crippen LogP contribution in [0.4, 0.5) is 0 Å². The van der Waals surface area contributed by atoms with Gasteiger partial charge >= 0.3 is 0 Å². The Morgan fingerprint density at radius 1 is 1.16 bits per heavy atom. The van der Waals surface area contributed by atoms with Gasteiger partial charge in [0.15, 0.2) is 5.16 Å². The van der Waals surface area contributed by atoms with Crippen molar-refractivity contribution in [3.63, 3.8) is 0 Å². The second kappa shape index (κ2) is 5.66. The zero-order valence-corrected chi connectivity index (χ0v) is 10.8. The average molecular weight is 273 g/mol. The first-order valence-electron chi connectivity index (χ1n) is 5.78. The van der Waals surface area contributed by atoms with Crippen LogP contribution in [0.1, 0.15) is 5.89 Å². The summed E-state index contributed by atoms with van der Waals surface area (Å²) in [6.45, 7) is 0. The van der Waals surface area contributed by atoms with E-state index in [2.05, 4.69) is 25.4 Å². The van der Waals surface area contributed by atoms with Crippen LogP contribution < -0.4 is 0 Å². The molecule has 0 saturated heterocycles. The molecule has 19 heavy (non-hydrogen) atoms. The van der Waals surface area contributed by atoms with Gasteiger partial charge in [-0.1, -0.05) is 30.0 Å². The predicted molar refractivity (Wildman–Crippen MR) is 70.5 cm³/mol. The van der Waals surface area contributed by atoms with Gasteiger partial charge in [-0.05, 0) is 12.1 Å². The first-order chi connectivity index (χ1) is 9.42. The molecule has 0 aliphatic rings. The topological polar surface area (TPSA) is 80.5 Å². The van der Waals surface area contributed by atoms with E-state index in [-0.39, 0.29) is 0 Å². The van der Waals surface area contributed by atoms with Crippen molar-refractivity contribution in [2.45, 2.75) is 11.6 Å². The molecule has 0 bridgehead atoms. The number of hydrogen-bond donors (Lipinski definition) is 1. The van der Waals surface area contributed by atoms with Gasteiger partial charge in [0, 0.05) is 17.7 Å². The molecule has 2 aromatic heterocycles. The smallest absolute Gasteiger partial charge is 0.247 e.